The Hall–Kier alpha value is -0.340. The second-order valence-corrected chi connectivity index (χ2v) is 5.16. The van der Waals surface area contributed by atoms with Gasteiger partial charge in [-0.05, 0) is 22.0 Å². The second-order valence-electron chi connectivity index (χ2n) is 3.05. The van der Waals surface area contributed by atoms with Crippen LogP contribution in [0.5, 0.6) is 0 Å². The highest BCUT2D eigenvalue weighted by Crippen LogP contribution is 2.45. The molecule has 2 aliphatic heterocycles. The van der Waals surface area contributed by atoms with E-state index in [0.29, 0.717) is 10.5 Å². The third-order valence-electron chi connectivity index (χ3n) is 2.37. The van der Waals surface area contributed by atoms with Crippen molar-refractivity contribution >= 4 is 23.5 Å². The van der Waals surface area contributed by atoms with Crippen LogP contribution in [0.1, 0.15) is 0 Å². The molecule has 12 heavy (non-hydrogen) atoms. The first-order valence-corrected chi connectivity index (χ1v) is 5.89. The van der Waals surface area contributed by atoms with Gasteiger partial charge in [0.1, 0.15) is 0 Å². The van der Waals surface area contributed by atoms with Gasteiger partial charge >= 0.3 is 0 Å². The topological polar surface area (TPSA) is 0 Å². The van der Waals surface area contributed by atoms with Gasteiger partial charge < -0.3 is 0 Å². The van der Waals surface area contributed by atoms with Crippen molar-refractivity contribution in [1.29, 1.82) is 0 Å². The van der Waals surface area contributed by atoms with E-state index in [4.69, 9.17) is 0 Å². The second kappa shape index (κ2) is 2.57. The third kappa shape index (κ3) is 0.882. The number of fused-ring (bicyclic) bond motifs is 3. The fourth-order valence-electron chi connectivity index (χ4n) is 1.74. The SMILES string of the molecule is C1=CC2=CC=C3C=CSC3C2S1. The standard InChI is InChI=1S/C10H8S2/c1-2-8-4-6-12-10(8)9-7(1)3-5-11-9/h1-6,9-10H. The molecule has 2 heterocycles. The first-order chi connectivity index (χ1) is 5.95. The Labute approximate surface area is 80.5 Å². The van der Waals surface area contributed by atoms with E-state index >= 15 is 0 Å². The first-order valence-electron chi connectivity index (χ1n) is 4.01. The van der Waals surface area contributed by atoms with Crippen molar-refractivity contribution in [2.75, 3.05) is 0 Å². The number of hydrogen-bond donors (Lipinski definition) is 0. The summed E-state index contributed by atoms with van der Waals surface area (Å²) in [5, 5.41) is 5.80. The van der Waals surface area contributed by atoms with Gasteiger partial charge in [-0.15, -0.1) is 23.5 Å². The normalized spacial score (nSPS) is 36.0. The Morgan fingerprint density at radius 1 is 0.833 bits per heavy atom. The van der Waals surface area contributed by atoms with Crippen LogP contribution in [0.2, 0.25) is 0 Å². The van der Waals surface area contributed by atoms with Crippen LogP contribution in [0.3, 0.4) is 0 Å². The molecule has 0 bridgehead atoms. The number of thioether (sulfide) groups is 2. The lowest BCUT2D eigenvalue weighted by molar-refractivity contribution is 1.01. The molecule has 0 amide bonds. The van der Waals surface area contributed by atoms with Gasteiger partial charge in [-0.25, -0.2) is 0 Å². The van der Waals surface area contributed by atoms with Crippen LogP contribution in [-0.2, 0) is 0 Å². The van der Waals surface area contributed by atoms with Gasteiger partial charge in [0.05, 0.1) is 10.5 Å². The van der Waals surface area contributed by atoms with Crippen LogP contribution >= 0.6 is 23.5 Å². The molecule has 0 saturated heterocycles. The monoisotopic (exact) mass is 192 g/mol. The van der Waals surface area contributed by atoms with Crippen LogP contribution < -0.4 is 0 Å². The molecule has 3 rings (SSSR count). The van der Waals surface area contributed by atoms with E-state index in [9.17, 15) is 0 Å². The molecule has 0 saturated carbocycles. The summed E-state index contributed by atoms with van der Waals surface area (Å²) in [5.41, 5.74) is 2.98. The molecule has 2 heteroatoms. The fraction of sp³-hybridized carbons (Fsp3) is 0.200. The van der Waals surface area contributed by atoms with E-state index < -0.39 is 0 Å². The summed E-state index contributed by atoms with van der Waals surface area (Å²) >= 11 is 3.90. The van der Waals surface area contributed by atoms with Crippen molar-refractivity contribution in [2.45, 2.75) is 10.5 Å². The Morgan fingerprint density at radius 3 is 1.83 bits per heavy atom. The molecule has 0 fully saturated rings. The van der Waals surface area contributed by atoms with E-state index in [1.165, 1.54) is 11.1 Å². The zero-order valence-corrected chi connectivity index (χ0v) is 8.07. The molecular weight excluding hydrogens is 184 g/mol. The average molecular weight is 192 g/mol. The van der Waals surface area contributed by atoms with Gasteiger partial charge in [-0.3, -0.25) is 0 Å². The van der Waals surface area contributed by atoms with Crippen molar-refractivity contribution in [3.05, 3.63) is 46.3 Å². The molecule has 0 radical (unpaired) electrons. The number of rotatable bonds is 0. The van der Waals surface area contributed by atoms with Crippen LogP contribution in [0.4, 0.5) is 0 Å². The van der Waals surface area contributed by atoms with Crippen LogP contribution in [-0.4, -0.2) is 10.5 Å². The van der Waals surface area contributed by atoms with E-state index in [1.807, 2.05) is 23.5 Å². The Balaban J connectivity index is 2.05. The molecular formula is C10H8S2. The summed E-state index contributed by atoms with van der Waals surface area (Å²) in [4.78, 5) is 0. The maximum atomic E-state index is 2.25. The molecule has 0 N–H and O–H groups in total. The Kier molecular flexibility index (Phi) is 1.52. The molecule has 0 aromatic heterocycles. The molecule has 1 aliphatic carbocycles. The van der Waals surface area contributed by atoms with Crippen molar-refractivity contribution in [1.82, 2.24) is 0 Å². The minimum absolute atomic E-state index is 0.685. The first kappa shape index (κ1) is 7.10. The van der Waals surface area contributed by atoms with Gasteiger partial charge in [0, 0.05) is 0 Å². The minimum Gasteiger partial charge on any atom is -0.124 e. The van der Waals surface area contributed by atoms with E-state index in [0.717, 1.165) is 0 Å². The molecule has 0 spiro atoms. The third-order valence-corrected chi connectivity index (χ3v) is 4.81. The van der Waals surface area contributed by atoms with Crippen LogP contribution in [0.25, 0.3) is 0 Å². The summed E-state index contributed by atoms with van der Waals surface area (Å²) in [7, 11) is 0. The summed E-state index contributed by atoms with van der Waals surface area (Å²) in [6.45, 7) is 0. The molecule has 0 aromatic carbocycles. The number of allylic oxidation sites excluding steroid dienone is 4. The molecule has 3 aliphatic rings. The smallest absolute Gasteiger partial charge is 0.0501 e. The highest BCUT2D eigenvalue weighted by Gasteiger charge is 2.32. The minimum atomic E-state index is 0.685. The van der Waals surface area contributed by atoms with E-state index in [2.05, 4.69) is 35.1 Å². The lowest BCUT2D eigenvalue weighted by Gasteiger charge is -2.23. The summed E-state index contributed by atoms with van der Waals surface area (Å²) in [6, 6.07) is 0. The Morgan fingerprint density at radius 2 is 1.33 bits per heavy atom. The van der Waals surface area contributed by atoms with Crippen molar-refractivity contribution < 1.29 is 0 Å². The maximum absolute atomic E-state index is 2.25. The van der Waals surface area contributed by atoms with Gasteiger partial charge in [-0.2, -0.15) is 0 Å². The van der Waals surface area contributed by atoms with Crippen molar-refractivity contribution in [3.63, 3.8) is 0 Å². The largest absolute Gasteiger partial charge is 0.124 e. The van der Waals surface area contributed by atoms with Gasteiger partial charge in [-0.1, -0.05) is 24.3 Å². The molecule has 0 aromatic rings. The fourth-order valence-corrected chi connectivity index (χ4v) is 4.16. The van der Waals surface area contributed by atoms with E-state index in [-0.39, 0.29) is 0 Å². The molecule has 2 atom stereocenters. The quantitative estimate of drug-likeness (QED) is 0.578. The maximum Gasteiger partial charge on any atom is 0.0501 e. The van der Waals surface area contributed by atoms with Crippen LogP contribution in [0, 0.1) is 0 Å². The Bertz CT molecular complexity index is 300. The highest BCUT2D eigenvalue weighted by molar-refractivity contribution is 8.07. The predicted octanol–water partition coefficient (Wildman–Crippen LogP) is 3.11. The molecule has 0 nitrogen and oxygen atoms in total. The predicted molar refractivity (Wildman–Crippen MR) is 57.2 cm³/mol. The summed E-state index contributed by atoms with van der Waals surface area (Å²) < 4.78 is 0. The lowest BCUT2D eigenvalue weighted by Crippen LogP contribution is -2.21. The summed E-state index contributed by atoms with van der Waals surface area (Å²) in [5.74, 6) is 0. The van der Waals surface area contributed by atoms with Crippen LogP contribution in [0.15, 0.2) is 46.3 Å². The van der Waals surface area contributed by atoms with Gasteiger partial charge in [0.25, 0.3) is 0 Å². The van der Waals surface area contributed by atoms with Gasteiger partial charge in [0.15, 0.2) is 0 Å². The van der Waals surface area contributed by atoms with Crippen molar-refractivity contribution in [3.8, 4) is 0 Å². The zero-order valence-electron chi connectivity index (χ0n) is 6.44. The summed E-state index contributed by atoms with van der Waals surface area (Å²) in [6.07, 6.45) is 8.98. The van der Waals surface area contributed by atoms with Crippen molar-refractivity contribution in [2.24, 2.45) is 0 Å². The average Bonchev–Trinajstić information content (AvgIpc) is 2.71. The number of hydrogen-bond acceptors (Lipinski definition) is 2. The highest BCUT2D eigenvalue weighted by atomic mass is 32.2. The van der Waals surface area contributed by atoms with E-state index in [1.54, 1.807) is 0 Å². The zero-order chi connectivity index (χ0) is 7.97. The lowest BCUT2D eigenvalue weighted by atomic mass is 9.98. The molecule has 2 unspecified atom stereocenters. The van der Waals surface area contributed by atoms with Gasteiger partial charge in [0.2, 0.25) is 0 Å². The molecule has 60 valence electrons.